The van der Waals surface area contributed by atoms with Crippen molar-refractivity contribution in [3.05, 3.63) is 54.1 Å². The monoisotopic (exact) mass is 267 g/mol. The van der Waals surface area contributed by atoms with E-state index in [4.69, 9.17) is 0 Å². The summed E-state index contributed by atoms with van der Waals surface area (Å²) in [7, 11) is 0. The number of pyridine rings is 2. The first kappa shape index (κ1) is 12.8. The molecule has 0 radical (unpaired) electrons. The fourth-order valence-corrected chi connectivity index (χ4v) is 2.72. The van der Waals surface area contributed by atoms with Crippen LogP contribution in [0.15, 0.2) is 43.0 Å². The van der Waals surface area contributed by atoms with Gasteiger partial charge >= 0.3 is 0 Å². The Morgan fingerprint density at radius 2 is 1.85 bits per heavy atom. The van der Waals surface area contributed by atoms with Crippen LogP contribution in [0.25, 0.3) is 0 Å². The summed E-state index contributed by atoms with van der Waals surface area (Å²) in [6.07, 6.45) is 11.9. The predicted molar refractivity (Wildman–Crippen MR) is 77.6 cm³/mol. The van der Waals surface area contributed by atoms with Crippen LogP contribution in [0.3, 0.4) is 0 Å². The van der Waals surface area contributed by atoms with Gasteiger partial charge in [0.15, 0.2) is 0 Å². The van der Waals surface area contributed by atoms with Gasteiger partial charge in [-0.3, -0.25) is 14.8 Å². The van der Waals surface area contributed by atoms with Crippen molar-refractivity contribution in [3.63, 3.8) is 0 Å². The van der Waals surface area contributed by atoms with Gasteiger partial charge in [-0.25, -0.2) is 0 Å². The molecule has 2 aromatic rings. The average Bonchev–Trinajstić information content (AvgIpc) is 3.03. The van der Waals surface area contributed by atoms with Crippen molar-refractivity contribution in [1.29, 1.82) is 0 Å². The molecule has 1 saturated carbocycles. The highest BCUT2D eigenvalue weighted by atomic mass is 16.1. The van der Waals surface area contributed by atoms with E-state index in [9.17, 15) is 4.79 Å². The van der Waals surface area contributed by atoms with Gasteiger partial charge in [-0.1, -0.05) is 12.8 Å². The molecule has 102 valence electrons. The third kappa shape index (κ3) is 2.85. The second kappa shape index (κ2) is 5.82. The van der Waals surface area contributed by atoms with Crippen LogP contribution in [0.2, 0.25) is 0 Å². The topological polar surface area (TPSA) is 54.9 Å². The fourth-order valence-electron chi connectivity index (χ4n) is 2.72. The van der Waals surface area contributed by atoms with Gasteiger partial charge in [0.2, 0.25) is 0 Å². The molecular weight excluding hydrogens is 250 g/mol. The van der Waals surface area contributed by atoms with Crippen molar-refractivity contribution in [2.75, 3.05) is 5.32 Å². The molecule has 1 N–H and O–H groups in total. The molecule has 0 aromatic carbocycles. The van der Waals surface area contributed by atoms with Crippen molar-refractivity contribution in [1.82, 2.24) is 9.97 Å². The Labute approximate surface area is 118 Å². The number of aromatic nitrogens is 2. The highest BCUT2D eigenvalue weighted by Gasteiger charge is 2.17. The van der Waals surface area contributed by atoms with Crippen molar-refractivity contribution >= 4 is 11.6 Å². The summed E-state index contributed by atoms with van der Waals surface area (Å²) in [5.74, 6) is 0.470. The van der Waals surface area contributed by atoms with Crippen LogP contribution in [0.5, 0.6) is 0 Å². The summed E-state index contributed by atoms with van der Waals surface area (Å²) in [6, 6.07) is 5.44. The SMILES string of the molecule is O=C(Nc1cncc(C2CCCC2)c1)c1ccncc1. The summed E-state index contributed by atoms with van der Waals surface area (Å²) in [6.45, 7) is 0. The van der Waals surface area contributed by atoms with E-state index in [1.54, 1.807) is 30.7 Å². The number of carbonyl (C=O) groups excluding carboxylic acids is 1. The number of anilines is 1. The number of carbonyl (C=O) groups is 1. The molecular formula is C16H17N3O. The van der Waals surface area contributed by atoms with E-state index in [-0.39, 0.29) is 5.91 Å². The zero-order valence-corrected chi connectivity index (χ0v) is 11.2. The van der Waals surface area contributed by atoms with Gasteiger partial charge in [0.05, 0.1) is 11.9 Å². The highest BCUT2D eigenvalue weighted by Crippen LogP contribution is 2.34. The normalized spacial score (nSPS) is 15.2. The first-order valence-electron chi connectivity index (χ1n) is 6.99. The van der Waals surface area contributed by atoms with Crippen molar-refractivity contribution in [3.8, 4) is 0 Å². The molecule has 20 heavy (non-hydrogen) atoms. The van der Waals surface area contributed by atoms with Crippen molar-refractivity contribution in [2.45, 2.75) is 31.6 Å². The number of amides is 1. The van der Waals surface area contributed by atoms with Gasteiger partial charge in [-0.2, -0.15) is 0 Å². The summed E-state index contributed by atoms with van der Waals surface area (Å²) < 4.78 is 0. The molecule has 0 aliphatic heterocycles. The molecule has 3 rings (SSSR count). The molecule has 1 fully saturated rings. The molecule has 1 aliphatic rings. The summed E-state index contributed by atoms with van der Waals surface area (Å²) in [5.41, 5.74) is 2.59. The van der Waals surface area contributed by atoms with Crippen LogP contribution >= 0.6 is 0 Å². The molecule has 0 saturated heterocycles. The molecule has 2 heterocycles. The fraction of sp³-hybridized carbons (Fsp3) is 0.312. The Morgan fingerprint density at radius 1 is 1.10 bits per heavy atom. The lowest BCUT2D eigenvalue weighted by Crippen LogP contribution is -2.12. The van der Waals surface area contributed by atoms with E-state index in [1.807, 2.05) is 12.3 Å². The molecule has 4 nitrogen and oxygen atoms in total. The second-order valence-electron chi connectivity index (χ2n) is 5.18. The minimum absolute atomic E-state index is 0.127. The van der Waals surface area contributed by atoms with Crippen LogP contribution < -0.4 is 5.32 Å². The van der Waals surface area contributed by atoms with Gasteiger partial charge in [0.25, 0.3) is 5.91 Å². The van der Waals surface area contributed by atoms with Gasteiger partial charge in [0, 0.05) is 24.2 Å². The zero-order valence-electron chi connectivity index (χ0n) is 11.2. The number of hydrogen-bond acceptors (Lipinski definition) is 3. The third-order valence-electron chi connectivity index (χ3n) is 3.79. The maximum atomic E-state index is 12.1. The van der Waals surface area contributed by atoms with Crippen LogP contribution in [0.4, 0.5) is 5.69 Å². The molecule has 0 spiro atoms. The molecule has 2 aromatic heterocycles. The van der Waals surface area contributed by atoms with Crippen LogP contribution in [0, 0.1) is 0 Å². The Morgan fingerprint density at radius 3 is 2.60 bits per heavy atom. The van der Waals surface area contributed by atoms with E-state index in [0.29, 0.717) is 11.5 Å². The van der Waals surface area contributed by atoms with Gasteiger partial charge in [-0.05, 0) is 42.5 Å². The van der Waals surface area contributed by atoms with E-state index in [1.165, 1.54) is 31.2 Å². The Balaban J connectivity index is 1.74. The van der Waals surface area contributed by atoms with Crippen molar-refractivity contribution < 1.29 is 4.79 Å². The van der Waals surface area contributed by atoms with Crippen molar-refractivity contribution in [2.24, 2.45) is 0 Å². The Hall–Kier alpha value is -2.23. The number of hydrogen-bond donors (Lipinski definition) is 1. The lowest BCUT2D eigenvalue weighted by atomic mass is 9.99. The zero-order chi connectivity index (χ0) is 13.8. The quantitative estimate of drug-likeness (QED) is 0.927. The maximum absolute atomic E-state index is 12.1. The van der Waals surface area contributed by atoms with E-state index in [2.05, 4.69) is 15.3 Å². The predicted octanol–water partition coefficient (Wildman–Crippen LogP) is 3.39. The smallest absolute Gasteiger partial charge is 0.255 e. The highest BCUT2D eigenvalue weighted by molar-refractivity contribution is 6.04. The van der Waals surface area contributed by atoms with Crippen LogP contribution in [-0.2, 0) is 0 Å². The molecule has 0 bridgehead atoms. The number of rotatable bonds is 3. The largest absolute Gasteiger partial charge is 0.321 e. The number of nitrogens with one attached hydrogen (secondary N) is 1. The molecule has 0 atom stereocenters. The molecule has 4 heteroatoms. The number of nitrogens with zero attached hydrogens (tertiary/aromatic N) is 2. The molecule has 0 unspecified atom stereocenters. The first-order chi connectivity index (χ1) is 9.83. The lowest BCUT2D eigenvalue weighted by Gasteiger charge is -2.11. The molecule has 1 aliphatic carbocycles. The van der Waals surface area contributed by atoms with E-state index in [0.717, 1.165) is 5.69 Å². The van der Waals surface area contributed by atoms with Gasteiger partial charge < -0.3 is 5.32 Å². The standard InChI is InChI=1S/C16H17N3O/c20-16(13-5-7-17-8-6-13)19-15-9-14(10-18-11-15)12-3-1-2-4-12/h5-12H,1-4H2,(H,19,20). The molecule has 1 amide bonds. The summed E-state index contributed by atoms with van der Waals surface area (Å²) >= 11 is 0. The van der Waals surface area contributed by atoms with Gasteiger partial charge in [-0.15, -0.1) is 0 Å². The van der Waals surface area contributed by atoms with Crippen LogP contribution in [-0.4, -0.2) is 15.9 Å². The minimum Gasteiger partial charge on any atom is -0.321 e. The van der Waals surface area contributed by atoms with Crippen LogP contribution in [0.1, 0.15) is 47.5 Å². The first-order valence-corrected chi connectivity index (χ1v) is 6.99. The second-order valence-corrected chi connectivity index (χ2v) is 5.18. The Kier molecular flexibility index (Phi) is 3.72. The average molecular weight is 267 g/mol. The van der Waals surface area contributed by atoms with Gasteiger partial charge in [0.1, 0.15) is 0 Å². The summed E-state index contributed by atoms with van der Waals surface area (Å²) in [4.78, 5) is 20.2. The lowest BCUT2D eigenvalue weighted by molar-refractivity contribution is 0.102. The third-order valence-corrected chi connectivity index (χ3v) is 3.79. The maximum Gasteiger partial charge on any atom is 0.255 e. The van der Waals surface area contributed by atoms with E-state index < -0.39 is 0 Å². The Bertz CT molecular complexity index is 592. The minimum atomic E-state index is -0.127. The summed E-state index contributed by atoms with van der Waals surface area (Å²) in [5, 5.41) is 2.89. The van der Waals surface area contributed by atoms with E-state index >= 15 is 0 Å².